The number of likely N-dealkylation sites (tertiary alicyclic amines) is 1. The highest BCUT2D eigenvalue weighted by atomic mass is 32.2. The second kappa shape index (κ2) is 7.04. The fourth-order valence-corrected chi connectivity index (χ4v) is 3.87. The Labute approximate surface area is 125 Å². The van der Waals surface area contributed by atoms with E-state index in [1.54, 1.807) is 23.1 Å². The van der Waals surface area contributed by atoms with Crippen LogP contribution in [-0.2, 0) is 14.6 Å². The number of carbonyl (C=O) groups is 1. The van der Waals surface area contributed by atoms with E-state index in [0.717, 1.165) is 19.3 Å². The van der Waals surface area contributed by atoms with Gasteiger partial charge in [0.05, 0.1) is 22.8 Å². The molecule has 0 spiro atoms. The zero-order valence-electron chi connectivity index (χ0n) is 12.2. The SMILES string of the molecule is COCCS(=O)(=O)c1ccccc1C(=O)N1CCCCC1. The first kappa shape index (κ1) is 16.0. The maximum absolute atomic E-state index is 12.6. The quantitative estimate of drug-likeness (QED) is 0.831. The van der Waals surface area contributed by atoms with E-state index in [-0.39, 0.29) is 28.7 Å². The minimum atomic E-state index is -3.51. The van der Waals surface area contributed by atoms with Gasteiger partial charge < -0.3 is 9.64 Å². The van der Waals surface area contributed by atoms with Crippen molar-refractivity contribution >= 4 is 15.7 Å². The molecule has 1 fully saturated rings. The van der Waals surface area contributed by atoms with Crippen LogP contribution in [0.2, 0.25) is 0 Å². The van der Waals surface area contributed by atoms with Gasteiger partial charge in [0.15, 0.2) is 9.84 Å². The van der Waals surface area contributed by atoms with Crippen molar-refractivity contribution in [3.63, 3.8) is 0 Å². The van der Waals surface area contributed by atoms with Crippen LogP contribution in [0.15, 0.2) is 29.2 Å². The van der Waals surface area contributed by atoms with E-state index in [1.165, 1.54) is 13.2 Å². The van der Waals surface area contributed by atoms with Crippen molar-refractivity contribution in [3.8, 4) is 0 Å². The van der Waals surface area contributed by atoms with Crippen molar-refractivity contribution < 1.29 is 17.9 Å². The van der Waals surface area contributed by atoms with Crippen LogP contribution in [0.3, 0.4) is 0 Å². The number of benzene rings is 1. The summed E-state index contributed by atoms with van der Waals surface area (Å²) in [6, 6.07) is 6.44. The lowest BCUT2D eigenvalue weighted by molar-refractivity contribution is 0.0720. The molecule has 1 aliphatic heterocycles. The maximum atomic E-state index is 12.6. The van der Waals surface area contributed by atoms with E-state index >= 15 is 0 Å². The van der Waals surface area contributed by atoms with Gasteiger partial charge in [0.2, 0.25) is 0 Å². The average Bonchev–Trinajstić information content (AvgIpc) is 2.53. The molecule has 0 saturated carbocycles. The van der Waals surface area contributed by atoms with Crippen LogP contribution < -0.4 is 0 Å². The van der Waals surface area contributed by atoms with Crippen molar-refractivity contribution in [2.45, 2.75) is 24.2 Å². The van der Waals surface area contributed by atoms with Crippen LogP contribution >= 0.6 is 0 Å². The summed E-state index contributed by atoms with van der Waals surface area (Å²) >= 11 is 0. The van der Waals surface area contributed by atoms with Gasteiger partial charge in [-0.05, 0) is 31.4 Å². The summed E-state index contributed by atoms with van der Waals surface area (Å²) in [5.41, 5.74) is 0.274. The van der Waals surface area contributed by atoms with E-state index in [4.69, 9.17) is 4.74 Å². The fourth-order valence-electron chi connectivity index (χ4n) is 2.48. The number of nitrogens with zero attached hydrogens (tertiary/aromatic N) is 1. The summed E-state index contributed by atoms with van der Waals surface area (Å²) < 4.78 is 29.5. The Morgan fingerprint density at radius 1 is 1.19 bits per heavy atom. The number of sulfone groups is 1. The Balaban J connectivity index is 2.30. The van der Waals surface area contributed by atoms with Crippen LogP contribution in [0.25, 0.3) is 0 Å². The number of rotatable bonds is 5. The first-order valence-corrected chi connectivity index (χ1v) is 8.81. The third kappa shape index (κ3) is 3.83. The van der Waals surface area contributed by atoms with E-state index in [9.17, 15) is 13.2 Å². The lowest BCUT2D eigenvalue weighted by Gasteiger charge is -2.27. The van der Waals surface area contributed by atoms with Gasteiger partial charge in [-0.2, -0.15) is 0 Å². The van der Waals surface area contributed by atoms with Crippen LogP contribution in [0.4, 0.5) is 0 Å². The molecule has 0 N–H and O–H groups in total. The molecule has 1 saturated heterocycles. The first-order chi connectivity index (χ1) is 10.1. The second-order valence-corrected chi connectivity index (χ2v) is 7.24. The van der Waals surface area contributed by atoms with Crippen LogP contribution in [-0.4, -0.2) is 51.8 Å². The largest absolute Gasteiger partial charge is 0.384 e. The van der Waals surface area contributed by atoms with Crippen molar-refractivity contribution in [1.29, 1.82) is 0 Å². The highest BCUT2D eigenvalue weighted by Gasteiger charge is 2.25. The van der Waals surface area contributed by atoms with Gasteiger partial charge >= 0.3 is 0 Å². The summed E-state index contributed by atoms with van der Waals surface area (Å²) in [5, 5.41) is 0. The molecular formula is C15H21NO4S. The normalized spacial score (nSPS) is 16.0. The Bertz CT molecular complexity index is 591. The standard InChI is InChI=1S/C15H21NO4S/c1-20-11-12-21(18,19)14-8-4-3-7-13(14)15(17)16-9-5-2-6-10-16/h3-4,7-8H,2,5-6,9-12H2,1H3. The third-order valence-corrected chi connectivity index (χ3v) is 5.38. The van der Waals surface area contributed by atoms with Crippen molar-refractivity contribution in [1.82, 2.24) is 4.90 Å². The number of methoxy groups -OCH3 is 1. The van der Waals surface area contributed by atoms with Crippen molar-refractivity contribution in [3.05, 3.63) is 29.8 Å². The maximum Gasteiger partial charge on any atom is 0.255 e. The molecule has 1 heterocycles. The number of amides is 1. The summed E-state index contributed by atoms with van der Waals surface area (Å²) in [4.78, 5) is 14.4. The smallest absolute Gasteiger partial charge is 0.255 e. The number of hydrogen-bond donors (Lipinski definition) is 0. The molecule has 1 amide bonds. The molecule has 0 unspecified atom stereocenters. The number of ether oxygens (including phenoxy) is 1. The average molecular weight is 311 g/mol. The molecule has 1 aliphatic rings. The van der Waals surface area contributed by atoms with Crippen molar-refractivity contribution in [2.75, 3.05) is 32.6 Å². The monoisotopic (exact) mass is 311 g/mol. The molecule has 0 bridgehead atoms. The van der Waals surface area contributed by atoms with Crippen LogP contribution in [0.5, 0.6) is 0 Å². The Morgan fingerprint density at radius 3 is 2.52 bits per heavy atom. The van der Waals surface area contributed by atoms with E-state index in [0.29, 0.717) is 13.1 Å². The van der Waals surface area contributed by atoms with E-state index in [2.05, 4.69) is 0 Å². The summed E-state index contributed by atoms with van der Waals surface area (Å²) in [5.74, 6) is -0.306. The molecule has 1 aromatic rings. The third-order valence-electron chi connectivity index (χ3n) is 3.65. The Morgan fingerprint density at radius 2 is 1.86 bits per heavy atom. The van der Waals surface area contributed by atoms with Gasteiger partial charge in [0.1, 0.15) is 0 Å². The lowest BCUT2D eigenvalue weighted by Crippen LogP contribution is -2.36. The van der Waals surface area contributed by atoms with Gasteiger partial charge in [0.25, 0.3) is 5.91 Å². The van der Waals surface area contributed by atoms with Gasteiger partial charge in [-0.3, -0.25) is 4.79 Å². The lowest BCUT2D eigenvalue weighted by atomic mass is 10.1. The van der Waals surface area contributed by atoms with Gasteiger partial charge in [0, 0.05) is 20.2 Å². The van der Waals surface area contributed by atoms with E-state index < -0.39 is 9.84 Å². The van der Waals surface area contributed by atoms with E-state index in [1.807, 2.05) is 0 Å². The zero-order chi connectivity index (χ0) is 15.3. The molecule has 0 aromatic heterocycles. The highest BCUT2D eigenvalue weighted by Crippen LogP contribution is 2.21. The number of hydrogen-bond acceptors (Lipinski definition) is 4. The molecule has 21 heavy (non-hydrogen) atoms. The fraction of sp³-hybridized carbons (Fsp3) is 0.533. The molecule has 6 heteroatoms. The first-order valence-electron chi connectivity index (χ1n) is 7.16. The highest BCUT2D eigenvalue weighted by molar-refractivity contribution is 7.91. The van der Waals surface area contributed by atoms with Gasteiger partial charge in [-0.25, -0.2) is 8.42 Å². The molecule has 0 atom stereocenters. The molecule has 5 nitrogen and oxygen atoms in total. The minimum Gasteiger partial charge on any atom is -0.384 e. The van der Waals surface area contributed by atoms with Crippen LogP contribution in [0, 0.1) is 0 Å². The second-order valence-electron chi connectivity index (χ2n) is 5.16. The molecule has 0 aliphatic carbocycles. The van der Waals surface area contributed by atoms with Gasteiger partial charge in [-0.15, -0.1) is 0 Å². The summed E-state index contributed by atoms with van der Waals surface area (Å²) in [6.07, 6.45) is 3.08. The predicted molar refractivity (Wildman–Crippen MR) is 80.1 cm³/mol. The summed E-state index contributed by atoms with van der Waals surface area (Å²) in [6.45, 7) is 1.52. The van der Waals surface area contributed by atoms with Crippen LogP contribution in [0.1, 0.15) is 29.6 Å². The molecule has 0 radical (unpaired) electrons. The van der Waals surface area contributed by atoms with Gasteiger partial charge in [-0.1, -0.05) is 12.1 Å². The Hall–Kier alpha value is -1.40. The molecular weight excluding hydrogens is 290 g/mol. The topological polar surface area (TPSA) is 63.7 Å². The Kier molecular flexibility index (Phi) is 5.36. The van der Waals surface area contributed by atoms with Crippen molar-refractivity contribution in [2.24, 2.45) is 0 Å². The number of carbonyl (C=O) groups excluding carboxylic acids is 1. The number of piperidine rings is 1. The zero-order valence-corrected chi connectivity index (χ0v) is 13.1. The molecule has 2 rings (SSSR count). The molecule has 1 aromatic carbocycles. The summed E-state index contributed by atoms with van der Waals surface area (Å²) in [7, 11) is -2.05. The predicted octanol–water partition coefficient (Wildman–Crippen LogP) is 1.73. The minimum absolute atomic E-state index is 0.109. The molecule has 116 valence electrons.